The lowest BCUT2D eigenvalue weighted by molar-refractivity contribution is -0.135. The molecule has 28 heavy (non-hydrogen) atoms. The standard InChI is InChI=1S/C22H26N2O4/c1-27-19-10-8-16(14-20(19)28-2)12-13-23-22(26)18-9-11-21(25)24(18)15-17-6-4-3-5-7-17/h3-8,10,14,18H,9,11-13,15H2,1-2H3,(H,23,26). The van der Waals surface area contributed by atoms with E-state index in [9.17, 15) is 9.59 Å². The van der Waals surface area contributed by atoms with Crippen LogP contribution in [-0.4, -0.2) is 43.5 Å². The van der Waals surface area contributed by atoms with Crippen LogP contribution in [0.4, 0.5) is 0 Å². The van der Waals surface area contributed by atoms with E-state index in [1.54, 1.807) is 19.1 Å². The molecule has 148 valence electrons. The molecule has 1 N–H and O–H groups in total. The maximum absolute atomic E-state index is 12.7. The second kappa shape index (κ2) is 9.26. The fraction of sp³-hybridized carbons (Fsp3) is 0.364. The molecule has 6 heteroatoms. The van der Waals surface area contributed by atoms with Crippen molar-refractivity contribution in [2.45, 2.75) is 31.8 Å². The lowest BCUT2D eigenvalue weighted by Crippen LogP contribution is -2.44. The van der Waals surface area contributed by atoms with Gasteiger partial charge in [-0.1, -0.05) is 36.4 Å². The van der Waals surface area contributed by atoms with Crippen LogP contribution in [0.5, 0.6) is 11.5 Å². The number of benzene rings is 2. The van der Waals surface area contributed by atoms with E-state index < -0.39 is 6.04 Å². The minimum atomic E-state index is -0.405. The number of nitrogens with one attached hydrogen (secondary N) is 1. The first-order valence-corrected chi connectivity index (χ1v) is 9.44. The number of ether oxygens (including phenoxy) is 2. The van der Waals surface area contributed by atoms with Crippen molar-refractivity contribution < 1.29 is 19.1 Å². The van der Waals surface area contributed by atoms with Gasteiger partial charge in [0.1, 0.15) is 6.04 Å². The van der Waals surface area contributed by atoms with Gasteiger partial charge in [0.2, 0.25) is 11.8 Å². The summed E-state index contributed by atoms with van der Waals surface area (Å²) in [6, 6.07) is 15.1. The van der Waals surface area contributed by atoms with Crippen molar-refractivity contribution in [3.8, 4) is 11.5 Å². The van der Waals surface area contributed by atoms with Gasteiger partial charge < -0.3 is 19.7 Å². The fourth-order valence-electron chi connectivity index (χ4n) is 3.47. The molecular weight excluding hydrogens is 356 g/mol. The van der Waals surface area contributed by atoms with E-state index in [4.69, 9.17) is 9.47 Å². The van der Waals surface area contributed by atoms with E-state index >= 15 is 0 Å². The van der Waals surface area contributed by atoms with Crippen LogP contribution in [0.1, 0.15) is 24.0 Å². The molecule has 0 radical (unpaired) electrons. The fourth-order valence-corrected chi connectivity index (χ4v) is 3.47. The SMILES string of the molecule is COc1ccc(CCNC(=O)C2CCC(=O)N2Cc2ccccc2)cc1OC. The average molecular weight is 382 g/mol. The van der Waals surface area contributed by atoms with Crippen LogP contribution >= 0.6 is 0 Å². The second-order valence-corrected chi connectivity index (χ2v) is 6.79. The molecule has 6 nitrogen and oxygen atoms in total. The Hall–Kier alpha value is -3.02. The molecule has 1 aliphatic rings. The third-order valence-corrected chi connectivity index (χ3v) is 4.99. The van der Waals surface area contributed by atoms with Crippen molar-refractivity contribution in [2.75, 3.05) is 20.8 Å². The highest BCUT2D eigenvalue weighted by Gasteiger charge is 2.35. The van der Waals surface area contributed by atoms with E-state index in [0.29, 0.717) is 43.9 Å². The topological polar surface area (TPSA) is 67.9 Å². The molecule has 2 aromatic rings. The molecule has 0 saturated carbocycles. The van der Waals surface area contributed by atoms with Gasteiger partial charge in [-0.05, 0) is 36.1 Å². The Kier molecular flexibility index (Phi) is 6.53. The number of hydrogen-bond acceptors (Lipinski definition) is 4. The Morgan fingerprint density at radius 2 is 1.82 bits per heavy atom. The molecule has 1 atom stereocenters. The predicted molar refractivity (Wildman–Crippen MR) is 106 cm³/mol. The Morgan fingerprint density at radius 3 is 2.54 bits per heavy atom. The van der Waals surface area contributed by atoms with Gasteiger partial charge in [-0.3, -0.25) is 9.59 Å². The molecule has 2 aromatic carbocycles. The van der Waals surface area contributed by atoms with Crippen molar-refractivity contribution in [1.29, 1.82) is 0 Å². The summed E-state index contributed by atoms with van der Waals surface area (Å²) in [5, 5.41) is 2.97. The van der Waals surface area contributed by atoms with Crippen LogP contribution in [0.3, 0.4) is 0 Å². The Labute approximate surface area is 165 Å². The summed E-state index contributed by atoms with van der Waals surface area (Å²) >= 11 is 0. The van der Waals surface area contributed by atoms with Crippen LogP contribution in [0.25, 0.3) is 0 Å². The number of methoxy groups -OCH3 is 2. The van der Waals surface area contributed by atoms with Crippen molar-refractivity contribution in [1.82, 2.24) is 10.2 Å². The maximum Gasteiger partial charge on any atom is 0.242 e. The Bertz CT molecular complexity index is 823. The normalized spacial score (nSPS) is 16.1. The summed E-state index contributed by atoms with van der Waals surface area (Å²) in [6.45, 7) is 0.964. The molecule has 1 heterocycles. The molecule has 0 aliphatic carbocycles. The highest BCUT2D eigenvalue weighted by atomic mass is 16.5. The number of carbonyl (C=O) groups is 2. The largest absolute Gasteiger partial charge is 0.493 e. The molecule has 1 fully saturated rings. The van der Waals surface area contributed by atoms with Crippen LogP contribution in [0, 0.1) is 0 Å². The van der Waals surface area contributed by atoms with Gasteiger partial charge in [0.25, 0.3) is 0 Å². The molecule has 1 unspecified atom stereocenters. The summed E-state index contributed by atoms with van der Waals surface area (Å²) in [5.41, 5.74) is 2.07. The highest BCUT2D eigenvalue weighted by Crippen LogP contribution is 2.27. The zero-order valence-electron chi connectivity index (χ0n) is 16.3. The zero-order chi connectivity index (χ0) is 19.9. The van der Waals surface area contributed by atoms with Crippen molar-refractivity contribution in [3.63, 3.8) is 0 Å². The number of likely N-dealkylation sites (tertiary alicyclic amines) is 1. The lowest BCUT2D eigenvalue weighted by Gasteiger charge is -2.24. The smallest absolute Gasteiger partial charge is 0.242 e. The number of rotatable bonds is 8. The maximum atomic E-state index is 12.7. The molecule has 0 aromatic heterocycles. The number of carbonyl (C=O) groups excluding carboxylic acids is 2. The minimum Gasteiger partial charge on any atom is -0.493 e. The van der Waals surface area contributed by atoms with Gasteiger partial charge in [0, 0.05) is 19.5 Å². The average Bonchev–Trinajstić information content (AvgIpc) is 3.09. The number of nitrogens with zero attached hydrogens (tertiary/aromatic N) is 1. The third-order valence-electron chi connectivity index (χ3n) is 4.99. The van der Waals surface area contributed by atoms with Crippen LogP contribution in [-0.2, 0) is 22.6 Å². The van der Waals surface area contributed by atoms with Gasteiger partial charge in [-0.15, -0.1) is 0 Å². The van der Waals surface area contributed by atoms with E-state index in [1.807, 2.05) is 48.5 Å². The Morgan fingerprint density at radius 1 is 1.07 bits per heavy atom. The number of amides is 2. The van der Waals surface area contributed by atoms with E-state index in [1.165, 1.54) is 0 Å². The molecule has 0 bridgehead atoms. The summed E-state index contributed by atoms with van der Waals surface area (Å²) in [4.78, 5) is 26.6. The summed E-state index contributed by atoms with van der Waals surface area (Å²) in [7, 11) is 3.20. The summed E-state index contributed by atoms with van der Waals surface area (Å²) in [6.07, 6.45) is 1.65. The van der Waals surface area contributed by atoms with Crippen LogP contribution < -0.4 is 14.8 Å². The first-order chi connectivity index (χ1) is 13.6. The second-order valence-electron chi connectivity index (χ2n) is 6.79. The zero-order valence-corrected chi connectivity index (χ0v) is 16.3. The molecule has 2 amide bonds. The van der Waals surface area contributed by atoms with Gasteiger partial charge in [-0.25, -0.2) is 0 Å². The van der Waals surface area contributed by atoms with Crippen LogP contribution in [0.15, 0.2) is 48.5 Å². The molecular formula is C22H26N2O4. The van der Waals surface area contributed by atoms with E-state index in [0.717, 1.165) is 11.1 Å². The molecule has 1 saturated heterocycles. The van der Waals surface area contributed by atoms with Crippen LogP contribution in [0.2, 0.25) is 0 Å². The number of hydrogen-bond donors (Lipinski definition) is 1. The van der Waals surface area contributed by atoms with E-state index in [-0.39, 0.29) is 11.8 Å². The first-order valence-electron chi connectivity index (χ1n) is 9.44. The summed E-state index contributed by atoms with van der Waals surface area (Å²) < 4.78 is 10.6. The molecule has 3 rings (SSSR count). The molecule has 1 aliphatic heterocycles. The summed E-state index contributed by atoms with van der Waals surface area (Å²) in [5.74, 6) is 1.28. The van der Waals surface area contributed by atoms with Gasteiger partial charge in [0.05, 0.1) is 14.2 Å². The van der Waals surface area contributed by atoms with Gasteiger partial charge in [0.15, 0.2) is 11.5 Å². The van der Waals surface area contributed by atoms with Crippen molar-refractivity contribution >= 4 is 11.8 Å². The predicted octanol–water partition coefficient (Wildman–Crippen LogP) is 2.55. The van der Waals surface area contributed by atoms with Crippen molar-refractivity contribution in [3.05, 3.63) is 59.7 Å². The third kappa shape index (κ3) is 4.63. The van der Waals surface area contributed by atoms with Crippen molar-refractivity contribution in [2.24, 2.45) is 0 Å². The Balaban J connectivity index is 1.56. The molecule has 0 spiro atoms. The lowest BCUT2D eigenvalue weighted by atomic mass is 10.1. The van der Waals surface area contributed by atoms with Gasteiger partial charge in [-0.2, -0.15) is 0 Å². The highest BCUT2D eigenvalue weighted by molar-refractivity contribution is 5.90. The monoisotopic (exact) mass is 382 g/mol. The first kappa shape index (κ1) is 19.7. The van der Waals surface area contributed by atoms with E-state index in [2.05, 4.69) is 5.32 Å². The minimum absolute atomic E-state index is 0.0314. The van der Waals surface area contributed by atoms with Gasteiger partial charge >= 0.3 is 0 Å². The quantitative estimate of drug-likeness (QED) is 0.762.